The van der Waals surface area contributed by atoms with Gasteiger partial charge >= 0.3 is 0 Å². The van der Waals surface area contributed by atoms with Gasteiger partial charge < -0.3 is 20.2 Å². The SMILES string of the molecule is CCC(=O)CCCCCC(NC(=O)[C@H]1CC12CCN(C)CC2)c1ncc(-c2cc3ccccc3[nH]c2=O)[nH]1. The van der Waals surface area contributed by atoms with Crippen molar-refractivity contribution in [3.05, 3.63) is 52.7 Å². The van der Waals surface area contributed by atoms with Gasteiger partial charge in [-0.25, -0.2) is 4.98 Å². The molecular formula is C30H39N5O3. The molecule has 38 heavy (non-hydrogen) atoms. The molecule has 2 fully saturated rings. The number of Topliss-reactive ketones (excluding diaryl/α,β-unsaturated/α-hetero) is 1. The second-order valence-electron chi connectivity index (χ2n) is 11.3. The van der Waals surface area contributed by atoms with E-state index in [-0.39, 0.29) is 28.8 Å². The number of nitrogens with one attached hydrogen (secondary N) is 3. The van der Waals surface area contributed by atoms with Gasteiger partial charge in [-0.1, -0.05) is 38.0 Å². The molecule has 1 aliphatic carbocycles. The summed E-state index contributed by atoms with van der Waals surface area (Å²) in [5.74, 6) is 1.15. The molecule has 202 valence electrons. The lowest BCUT2D eigenvalue weighted by Gasteiger charge is -2.30. The monoisotopic (exact) mass is 517 g/mol. The Balaban J connectivity index is 1.31. The van der Waals surface area contributed by atoms with Crippen molar-refractivity contribution < 1.29 is 9.59 Å². The van der Waals surface area contributed by atoms with E-state index in [0.717, 1.165) is 68.9 Å². The van der Waals surface area contributed by atoms with Gasteiger partial charge in [-0.15, -0.1) is 0 Å². The molecule has 1 amide bonds. The molecule has 1 saturated heterocycles. The van der Waals surface area contributed by atoms with E-state index in [2.05, 4.69) is 32.2 Å². The van der Waals surface area contributed by atoms with Crippen molar-refractivity contribution in [1.29, 1.82) is 0 Å². The van der Waals surface area contributed by atoms with Gasteiger partial charge in [0.25, 0.3) is 5.56 Å². The molecule has 3 heterocycles. The van der Waals surface area contributed by atoms with Gasteiger partial charge in [-0.05, 0) is 75.2 Å². The number of unbranched alkanes of at least 4 members (excludes halogenated alkanes) is 2. The number of fused-ring (bicyclic) bond motifs is 1. The van der Waals surface area contributed by atoms with Gasteiger partial charge in [0.15, 0.2) is 0 Å². The molecule has 1 spiro atoms. The van der Waals surface area contributed by atoms with E-state index in [4.69, 9.17) is 0 Å². The number of rotatable bonds is 11. The number of likely N-dealkylation sites (tertiary alicyclic amines) is 1. The molecule has 8 heteroatoms. The molecule has 2 atom stereocenters. The number of nitrogens with zero attached hydrogens (tertiary/aromatic N) is 2. The van der Waals surface area contributed by atoms with Crippen molar-refractivity contribution in [2.24, 2.45) is 11.3 Å². The summed E-state index contributed by atoms with van der Waals surface area (Å²) < 4.78 is 0. The van der Waals surface area contributed by atoms with Gasteiger partial charge in [-0.2, -0.15) is 0 Å². The van der Waals surface area contributed by atoms with E-state index in [0.29, 0.717) is 35.7 Å². The Morgan fingerprint density at radius 1 is 1.16 bits per heavy atom. The standard InChI is InChI=1S/C30H39N5O3/c1-3-21(36)10-5-4-6-12-25(34-29(38)23-18-30(23)13-15-35(2)16-14-30)27-31-19-26(32-27)22-17-20-9-7-8-11-24(20)33-28(22)37/h7-9,11,17,19,23,25H,3-6,10,12-16,18H2,1-2H3,(H,31,32)(H,33,37)(H,34,38)/t23-,25?/m1/s1. The summed E-state index contributed by atoms with van der Waals surface area (Å²) in [7, 11) is 2.14. The predicted octanol–water partition coefficient (Wildman–Crippen LogP) is 4.74. The van der Waals surface area contributed by atoms with Crippen LogP contribution in [0.25, 0.3) is 22.2 Å². The highest BCUT2D eigenvalue weighted by Crippen LogP contribution is 2.59. The van der Waals surface area contributed by atoms with Crippen LogP contribution in [0.3, 0.4) is 0 Å². The average molecular weight is 518 g/mol. The molecule has 1 saturated carbocycles. The molecule has 2 aromatic heterocycles. The third-order valence-corrected chi connectivity index (χ3v) is 8.62. The number of amides is 1. The summed E-state index contributed by atoms with van der Waals surface area (Å²) >= 11 is 0. The van der Waals surface area contributed by atoms with Gasteiger partial charge in [0.05, 0.1) is 23.5 Å². The zero-order chi connectivity index (χ0) is 26.7. The number of benzene rings is 1. The van der Waals surface area contributed by atoms with E-state index in [9.17, 15) is 14.4 Å². The number of pyridine rings is 1. The summed E-state index contributed by atoms with van der Waals surface area (Å²) in [4.78, 5) is 51.1. The highest BCUT2D eigenvalue weighted by molar-refractivity contribution is 5.83. The van der Waals surface area contributed by atoms with Crippen LogP contribution >= 0.6 is 0 Å². The summed E-state index contributed by atoms with van der Waals surface area (Å²) in [5.41, 5.74) is 1.94. The number of imidazole rings is 1. The van der Waals surface area contributed by atoms with E-state index in [1.54, 1.807) is 6.20 Å². The first-order chi connectivity index (χ1) is 18.4. The Labute approximate surface area is 223 Å². The molecule has 1 aromatic carbocycles. The molecule has 0 radical (unpaired) electrons. The van der Waals surface area contributed by atoms with Crippen LogP contribution in [0.2, 0.25) is 0 Å². The van der Waals surface area contributed by atoms with E-state index < -0.39 is 0 Å². The Morgan fingerprint density at radius 3 is 2.74 bits per heavy atom. The minimum atomic E-state index is -0.262. The first kappa shape index (κ1) is 26.4. The Hall–Kier alpha value is -3.26. The van der Waals surface area contributed by atoms with Crippen molar-refractivity contribution in [2.45, 2.75) is 70.8 Å². The van der Waals surface area contributed by atoms with Gasteiger partial charge in [-0.3, -0.25) is 14.4 Å². The molecule has 1 unspecified atom stereocenters. The maximum absolute atomic E-state index is 13.4. The molecular weight excluding hydrogens is 478 g/mol. The number of ketones is 1. The zero-order valence-corrected chi connectivity index (χ0v) is 22.5. The Kier molecular flexibility index (Phi) is 7.79. The quantitative estimate of drug-likeness (QED) is 0.318. The number of aromatic amines is 2. The largest absolute Gasteiger partial charge is 0.346 e. The van der Waals surface area contributed by atoms with Crippen LogP contribution in [0.1, 0.15) is 76.6 Å². The second-order valence-corrected chi connectivity index (χ2v) is 11.3. The molecule has 2 aliphatic rings. The van der Waals surface area contributed by atoms with Crippen LogP contribution in [-0.2, 0) is 9.59 Å². The number of hydrogen-bond donors (Lipinski definition) is 3. The topological polar surface area (TPSA) is 111 Å². The summed E-state index contributed by atoms with van der Waals surface area (Å²) in [6, 6.07) is 9.30. The molecule has 5 rings (SSSR count). The smallest absolute Gasteiger partial charge is 0.257 e. The fraction of sp³-hybridized carbons (Fsp3) is 0.533. The van der Waals surface area contributed by atoms with E-state index in [1.807, 2.05) is 37.3 Å². The van der Waals surface area contributed by atoms with Gasteiger partial charge in [0.1, 0.15) is 11.6 Å². The van der Waals surface area contributed by atoms with E-state index in [1.165, 1.54) is 0 Å². The van der Waals surface area contributed by atoms with Crippen LogP contribution in [-0.4, -0.2) is 51.7 Å². The van der Waals surface area contributed by atoms with E-state index >= 15 is 0 Å². The third kappa shape index (κ3) is 5.75. The Bertz CT molecular complexity index is 1350. The average Bonchev–Trinajstić information content (AvgIpc) is 3.40. The minimum Gasteiger partial charge on any atom is -0.346 e. The second kappa shape index (κ2) is 11.2. The molecule has 8 nitrogen and oxygen atoms in total. The molecule has 1 aliphatic heterocycles. The lowest BCUT2D eigenvalue weighted by atomic mass is 9.91. The zero-order valence-electron chi connectivity index (χ0n) is 22.5. The normalized spacial score (nSPS) is 19.5. The first-order valence-corrected chi connectivity index (χ1v) is 14.1. The highest BCUT2D eigenvalue weighted by Gasteiger charge is 2.58. The molecule has 3 aromatic rings. The lowest BCUT2D eigenvalue weighted by molar-refractivity contribution is -0.124. The maximum atomic E-state index is 13.4. The lowest BCUT2D eigenvalue weighted by Crippen LogP contribution is -2.36. The maximum Gasteiger partial charge on any atom is 0.257 e. The van der Waals surface area contributed by atoms with Crippen LogP contribution in [0.15, 0.2) is 41.3 Å². The number of aromatic nitrogens is 3. The molecule has 3 N–H and O–H groups in total. The van der Waals surface area contributed by atoms with Crippen molar-refractivity contribution >= 4 is 22.6 Å². The van der Waals surface area contributed by atoms with Crippen LogP contribution < -0.4 is 10.9 Å². The van der Waals surface area contributed by atoms with Crippen molar-refractivity contribution in [3.8, 4) is 11.3 Å². The summed E-state index contributed by atoms with van der Waals surface area (Å²) in [6.07, 6.45) is 9.41. The van der Waals surface area contributed by atoms with Crippen LogP contribution in [0, 0.1) is 11.3 Å². The van der Waals surface area contributed by atoms with Crippen molar-refractivity contribution in [1.82, 2.24) is 25.2 Å². The highest BCUT2D eigenvalue weighted by atomic mass is 16.2. The minimum absolute atomic E-state index is 0.0682. The predicted molar refractivity (Wildman–Crippen MR) is 149 cm³/mol. The fourth-order valence-electron chi connectivity index (χ4n) is 5.91. The number of para-hydroxylation sites is 1. The summed E-state index contributed by atoms with van der Waals surface area (Å²) in [6.45, 7) is 4.00. The van der Waals surface area contributed by atoms with Crippen molar-refractivity contribution in [2.75, 3.05) is 20.1 Å². The molecule has 0 bridgehead atoms. The summed E-state index contributed by atoms with van der Waals surface area (Å²) in [5, 5.41) is 4.24. The van der Waals surface area contributed by atoms with Crippen molar-refractivity contribution in [3.63, 3.8) is 0 Å². The number of piperidine rings is 1. The fourth-order valence-corrected chi connectivity index (χ4v) is 5.91. The van der Waals surface area contributed by atoms with Crippen LogP contribution in [0.4, 0.5) is 0 Å². The number of H-pyrrole nitrogens is 2. The number of carbonyl (C=O) groups excluding carboxylic acids is 2. The number of hydrogen-bond acceptors (Lipinski definition) is 5. The third-order valence-electron chi connectivity index (χ3n) is 8.62. The van der Waals surface area contributed by atoms with Gasteiger partial charge in [0.2, 0.25) is 5.91 Å². The van der Waals surface area contributed by atoms with Crippen LogP contribution in [0.5, 0.6) is 0 Å². The van der Waals surface area contributed by atoms with Gasteiger partial charge in [0, 0.05) is 24.3 Å². The first-order valence-electron chi connectivity index (χ1n) is 14.1. The number of carbonyl (C=O) groups is 2. The Morgan fingerprint density at radius 2 is 1.95 bits per heavy atom.